The van der Waals surface area contributed by atoms with Crippen LogP contribution in [0.4, 0.5) is 0 Å². The summed E-state index contributed by atoms with van der Waals surface area (Å²) in [5.41, 5.74) is 6.17. The molecule has 0 aromatic carbocycles. The van der Waals surface area contributed by atoms with E-state index in [-0.39, 0.29) is 17.9 Å². The van der Waals surface area contributed by atoms with Gasteiger partial charge in [0.2, 0.25) is 0 Å². The van der Waals surface area contributed by atoms with Crippen LogP contribution in [0.3, 0.4) is 0 Å². The number of nitrogens with two attached hydrogens (primary N) is 1. The fourth-order valence-electron chi connectivity index (χ4n) is 3.14. The van der Waals surface area contributed by atoms with Gasteiger partial charge in [-0.2, -0.15) is 0 Å². The third-order valence-electron chi connectivity index (χ3n) is 4.00. The van der Waals surface area contributed by atoms with Gasteiger partial charge in [0.1, 0.15) is 0 Å². The van der Waals surface area contributed by atoms with Crippen molar-refractivity contribution in [1.82, 2.24) is 0 Å². The summed E-state index contributed by atoms with van der Waals surface area (Å²) in [6.07, 6.45) is 6.62. The fourth-order valence-corrected chi connectivity index (χ4v) is 3.87. The Labute approximate surface area is 112 Å². The lowest BCUT2D eigenvalue weighted by atomic mass is 9.68. The second-order valence-corrected chi connectivity index (χ2v) is 6.44. The van der Waals surface area contributed by atoms with Gasteiger partial charge >= 0.3 is 5.97 Å². The van der Waals surface area contributed by atoms with E-state index in [0.717, 1.165) is 32.1 Å². The number of carboxylic acid groups (broad SMARTS) is 1. The number of carboxylic acids is 1. The molecule has 1 fully saturated rings. The second-order valence-electron chi connectivity index (χ2n) is 5.46. The molecule has 0 amide bonds. The SMILES string of the molecule is NC(CC1(CC(=O)O)CCCCC1)c1cccs1. The van der Waals surface area contributed by atoms with E-state index in [9.17, 15) is 4.79 Å². The lowest BCUT2D eigenvalue weighted by Crippen LogP contribution is -2.31. The molecular formula is C14H21NO2S. The van der Waals surface area contributed by atoms with Crippen molar-refractivity contribution in [2.45, 2.75) is 51.0 Å². The molecule has 2 rings (SSSR count). The highest BCUT2D eigenvalue weighted by Gasteiger charge is 2.36. The van der Waals surface area contributed by atoms with Crippen molar-refractivity contribution >= 4 is 17.3 Å². The average molecular weight is 267 g/mol. The molecular weight excluding hydrogens is 246 g/mol. The summed E-state index contributed by atoms with van der Waals surface area (Å²) in [7, 11) is 0. The number of rotatable bonds is 5. The van der Waals surface area contributed by atoms with Gasteiger partial charge in [-0.3, -0.25) is 4.79 Å². The predicted molar refractivity (Wildman–Crippen MR) is 73.6 cm³/mol. The molecule has 1 saturated carbocycles. The van der Waals surface area contributed by atoms with E-state index in [1.807, 2.05) is 17.5 Å². The van der Waals surface area contributed by atoms with Crippen LogP contribution in [0.1, 0.15) is 55.9 Å². The van der Waals surface area contributed by atoms with Gasteiger partial charge < -0.3 is 10.8 Å². The zero-order chi connectivity index (χ0) is 13.0. The molecule has 1 aliphatic carbocycles. The van der Waals surface area contributed by atoms with Crippen molar-refractivity contribution in [3.8, 4) is 0 Å². The fraction of sp³-hybridized carbons (Fsp3) is 0.643. The summed E-state index contributed by atoms with van der Waals surface area (Å²) in [6.45, 7) is 0. The van der Waals surface area contributed by atoms with E-state index >= 15 is 0 Å². The molecule has 1 unspecified atom stereocenters. The summed E-state index contributed by atoms with van der Waals surface area (Å²) in [6, 6.07) is 4.04. The van der Waals surface area contributed by atoms with Crippen LogP contribution in [-0.2, 0) is 4.79 Å². The predicted octanol–water partition coefficient (Wildman–Crippen LogP) is 3.56. The minimum absolute atomic E-state index is 0.0116. The third-order valence-corrected chi connectivity index (χ3v) is 5.01. The molecule has 1 aromatic rings. The monoisotopic (exact) mass is 267 g/mol. The van der Waals surface area contributed by atoms with Crippen molar-refractivity contribution in [2.75, 3.05) is 0 Å². The van der Waals surface area contributed by atoms with E-state index in [0.29, 0.717) is 0 Å². The van der Waals surface area contributed by atoms with E-state index in [1.165, 1.54) is 11.3 Å². The van der Waals surface area contributed by atoms with Crippen LogP contribution in [0, 0.1) is 5.41 Å². The maximum absolute atomic E-state index is 11.1. The Balaban J connectivity index is 2.07. The molecule has 100 valence electrons. The summed E-state index contributed by atoms with van der Waals surface area (Å²) in [4.78, 5) is 12.3. The Kier molecular flexibility index (Phi) is 4.40. The molecule has 3 nitrogen and oxygen atoms in total. The normalized spacial score (nSPS) is 20.5. The molecule has 1 atom stereocenters. The highest BCUT2D eigenvalue weighted by Crippen LogP contribution is 2.45. The van der Waals surface area contributed by atoms with E-state index in [1.54, 1.807) is 11.3 Å². The van der Waals surface area contributed by atoms with E-state index in [4.69, 9.17) is 10.8 Å². The molecule has 1 aromatic heterocycles. The third kappa shape index (κ3) is 3.33. The standard InChI is InChI=1S/C14H21NO2S/c15-11(12-5-4-8-18-12)9-14(10-13(16)17)6-2-1-3-7-14/h4-5,8,11H,1-3,6-7,9-10,15H2,(H,16,17). The summed E-state index contributed by atoms with van der Waals surface area (Å²) in [5.74, 6) is -0.685. The number of hydrogen-bond acceptors (Lipinski definition) is 3. The topological polar surface area (TPSA) is 63.3 Å². The maximum Gasteiger partial charge on any atom is 0.303 e. The van der Waals surface area contributed by atoms with Crippen LogP contribution in [0.2, 0.25) is 0 Å². The average Bonchev–Trinajstić information content (AvgIpc) is 2.82. The van der Waals surface area contributed by atoms with Crippen molar-refractivity contribution in [3.63, 3.8) is 0 Å². The largest absolute Gasteiger partial charge is 0.481 e. The summed E-state index contributed by atoms with van der Waals surface area (Å²) in [5, 5.41) is 11.2. The van der Waals surface area contributed by atoms with Crippen molar-refractivity contribution in [3.05, 3.63) is 22.4 Å². The molecule has 0 bridgehead atoms. The minimum atomic E-state index is -0.685. The van der Waals surface area contributed by atoms with E-state index < -0.39 is 5.97 Å². The van der Waals surface area contributed by atoms with Crippen LogP contribution in [0.5, 0.6) is 0 Å². The number of carbonyl (C=O) groups is 1. The first-order chi connectivity index (χ1) is 8.61. The van der Waals surface area contributed by atoms with Crippen LogP contribution < -0.4 is 5.73 Å². The van der Waals surface area contributed by atoms with Gasteiger partial charge in [-0.1, -0.05) is 25.3 Å². The molecule has 1 heterocycles. The van der Waals surface area contributed by atoms with Gasteiger partial charge in [-0.05, 0) is 36.1 Å². The molecule has 4 heteroatoms. The first kappa shape index (κ1) is 13.6. The Morgan fingerprint density at radius 3 is 2.72 bits per heavy atom. The van der Waals surface area contributed by atoms with Gasteiger partial charge in [0, 0.05) is 10.9 Å². The number of hydrogen-bond donors (Lipinski definition) is 2. The second kappa shape index (κ2) is 5.85. The van der Waals surface area contributed by atoms with Gasteiger partial charge in [0.05, 0.1) is 6.42 Å². The van der Waals surface area contributed by atoms with Crippen LogP contribution in [-0.4, -0.2) is 11.1 Å². The van der Waals surface area contributed by atoms with Gasteiger partial charge in [-0.15, -0.1) is 11.3 Å². The highest BCUT2D eigenvalue weighted by molar-refractivity contribution is 7.10. The van der Waals surface area contributed by atoms with Crippen molar-refractivity contribution in [2.24, 2.45) is 11.1 Å². The first-order valence-corrected chi connectivity index (χ1v) is 7.50. The Bertz CT molecular complexity index is 383. The van der Waals surface area contributed by atoms with Crippen LogP contribution >= 0.6 is 11.3 Å². The van der Waals surface area contributed by atoms with Crippen molar-refractivity contribution in [1.29, 1.82) is 0 Å². The summed E-state index contributed by atoms with van der Waals surface area (Å²) < 4.78 is 0. The zero-order valence-electron chi connectivity index (χ0n) is 10.6. The molecule has 0 aliphatic heterocycles. The molecule has 1 aliphatic rings. The molecule has 18 heavy (non-hydrogen) atoms. The molecule has 0 spiro atoms. The lowest BCUT2D eigenvalue weighted by molar-refractivity contribution is -0.140. The smallest absolute Gasteiger partial charge is 0.303 e. The Hall–Kier alpha value is -0.870. The van der Waals surface area contributed by atoms with Gasteiger partial charge in [0.25, 0.3) is 0 Å². The quantitative estimate of drug-likeness (QED) is 0.857. The first-order valence-electron chi connectivity index (χ1n) is 6.62. The molecule has 0 radical (unpaired) electrons. The van der Waals surface area contributed by atoms with Gasteiger partial charge in [0.15, 0.2) is 0 Å². The summed E-state index contributed by atoms with van der Waals surface area (Å²) >= 11 is 1.66. The lowest BCUT2D eigenvalue weighted by Gasteiger charge is -2.38. The van der Waals surface area contributed by atoms with Crippen LogP contribution in [0.15, 0.2) is 17.5 Å². The Morgan fingerprint density at radius 1 is 1.44 bits per heavy atom. The van der Waals surface area contributed by atoms with E-state index in [2.05, 4.69) is 0 Å². The zero-order valence-corrected chi connectivity index (χ0v) is 11.4. The molecule has 3 N–H and O–H groups in total. The van der Waals surface area contributed by atoms with Crippen molar-refractivity contribution < 1.29 is 9.90 Å². The minimum Gasteiger partial charge on any atom is -0.481 e. The number of aliphatic carboxylic acids is 1. The maximum atomic E-state index is 11.1. The Morgan fingerprint density at radius 2 is 2.17 bits per heavy atom. The number of thiophene rings is 1. The molecule has 0 saturated heterocycles. The highest BCUT2D eigenvalue weighted by atomic mass is 32.1. The van der Waals surface area contributed by atoms with Crippen LogP contribution in [0.25, 0.3) is 0 Å². The van der Waals surface area contributed by atoms with Gasteiger partial charge in [-0.25, -0.2) is 0 Å².